The number of nitrogens with one attached hydrogen (secondary N) is 3. The molecular formula is C33H40F3N5O6. The molecule has 0 radical (unpaired) electrons. The molecule has 7 fully saturated rings. The Morgan fingerprint density at radius 3 is 2.38 bits per heavy atom. The maximum atomic E-state index is 14.0. The highest BCUT2D eigenvalue weighted by atomic mass is 19.4. The first-order valence-corrected chi connectivity index (χ1v) is 16.1. The maximum absolute atomic E-state index is 14.0. The number of carbonyl (C=O) groups is 2. The molecule has 2 aromatic rings. The van der Waals surface area contributed by atoms with Crippen LogP contribution in [0.1, 0.15) is 65.7 Å². The number of methoxy groups -OCH3 is 2. The molecule has 0 spiro atoms. The Kier molecular flexibility index (Phi) is 8.03. The van der Waals surface area contributed by atoms with Gasteiger partial charge < -0.3 is 34.9 Å². The fraction of sp³-hybridized carbons (Fsp3) is 0.606. The van der Waals surface area contributed by atoms with Crippen molar-refractivity contribution in [2.75, 3.05) is 57.8 Å². The van der Waals surface area contributed by atoms with Crippen LogP contribution in [0.15, 0.2) is 30.5 Å². The number of alkyl halides is 3. The van der Waals surface area contributed by atoms with Gasteiger partial charge in [0, 0.05) is 36.9 Å². The van der Waals surface area contributed by atoms with Crippen LogP contribution in [0.3, 0.4) is 0 Å². The van der Waals surface area contributed by atoms with Gasteiger partial charge in [0.25, 0.3) is 11.8 Å². The number of halogens is 3. The highest BCUT2D eigenvalue weighted by Crippen LogP contribution is 2.56. The lowest BCUT2D eigenvalue weighted by Gasteiger charge is -2.53. The molecule has 14 heteroatoms. The molecule has 1 aromatic carbocycles. The summed E-state index contributed by atoms with van der Waals surface area (Å²) >= 11 is 0. The van der Waals surface area contributed by atoms with Crippen LogP contribution in [0, 0.1) is 5.92 Å². The van der Waals surface area contributed by atoms with E-state index in [1.54, 1.807) is 18.3 Å². The Balaban J connectivity index is 1.10. The molecule has 3 N–H and O–H groups in total. The predicted octanol–water partition coefficient (Wildman–Crippen LogP) is 4.39. The van der Waals surface area contributed by atoms with Gasteiger partial charge in [0.1, 0.15) is 22.9 Å². The molecule has 9 rings (SSSR count). The normalized spacial score (nSPS) is 31.5. The van der Waals surface area contributed by atoms with Crippen LogP contribution in [0.25, 0.3) is 0 Å². The number of amides is 2. The summed E-state index contributed by atoms with van der Waals surface area (Å²) in [4.78, 5) is 34.8. The van der Waals surface area contributed by atoms with Gasteiger partial charge >= 0.3 is 6.18 Å². The van der Waals surface area contributed by atoms with E-state index in [4.69, 9.17) is 18.9 Å². The Labute approximate surface area is 270 Å². The number of ether oxygens (including phenoxy) is 4. The summed E-state index contributed by atoms with van der Waals surface area (Å²) in [6, 6.07) is 6.37. The number of benzene rings is 1. The van der Waals surface area contributed by atoms with Crippen LogP contribution in [0.4, 0.5) is 24.7 Å². The third kappa shape index (κ3) is 5.57. The summed E-state index contributed by atoms with van der Waals surface area (Å²) in [5.41, 5.74) is -2.44. The van der Waals surface area contributed by atoms with Crippen molar-refractivity contribution in [1.29, 1.82) is 0 Å². The molecule has 4 heterocycles. The lowest BCUT2D eigenvalue weighted by atomic mass is 9.70. The van der Waals surface area contributed by atoms with Crippen LogP contribution in [0.2, 0.25) is 0 Å². The zero-order valence-electron chi connectivity index (χ0n) is 26.5. The highest BCUT2D eigenvalue weighted by molar-refractivity contribution is 6.12. The number of hydrogen-bond acceptors (Lipinski definition) is 9. The molecule has 11 nitrogen and oxygen atoms in total. The Bertz CT molecular complexity index is 1520. The van der Waals surface area contributed by atoms with Gasteiger partial charge in [0.15, 0.2) is 5.60 Å². The third-order valence-electron chi connectivity index (χ3n) is 11.1. The number of carbonyl (C=O) groups excluding carboxylic acids is 2. The van der Waals surface area contributed by atoms with E-state index in [9.17, 15) is 22.8 Å². The molecule has 4 bridgehead atoms. The molecule has 1 atom stereocenters. The van der Waals surface area contributed by atoms with Crippen molar-refractivity contribution in [2.24, 2.45) is 5.92 Å². The van der Waals surface area contributed by atoms with Crippen molar-refractivity contribution in [1.82, 2.24) is 15.2 Å². The summed E-state index contributed by atoms with van der Waals surface area (Å²) in [6.07, 6.45) is 0.0324. The largest absolute Gasteiger partial charge is 0.497 e. The van der Waals surface area contributed by atoms with Gasteiger partial charge in [-0.3, -0.25) is 14.5 Å². The fourth-order valence-electron chi connectivity index (χ4n) is 8.32. The minimum Gasteiger partial charge on any atom is -0.497 e. The van der Waals surface area contributed by atoms with Crippen molar-refractivity contribution in [3.05, 3.63) is 41.6 Å². The standard InChI is InChI=1S/C33H40F3N5O6/c1-44-21-3-4-22(28(42)40-30-6-8-32(9-7-30,47-19-30)33(34,35)36)23(15-21)39-29(43)26-25(45-2)5-10-37-27(26)38-24-18-31(16-20(24)17-31)41-11-13-46-14-12-41/h3-5,10,15,20,24H,6-9,11-14,16-19H2,1-2H3,(H,37,38)(H,39,43)(H,40,42). The Morgan fingerprint density at radius 2 is 1.74 bits per heavy atom. The van der Waals surface area contributed by atoms with E-state index in [-0.39, 0.29) is 60.7 Å². The molecule has 4 aliphatic carbocycles. The number of hydrogen-bond donors (Lipinski definition) is 3. The van der Waals surface area contributed by atoms with Gasteiger partial charge in [-0.05, 0) is 69.1 Å². The van der Waals surface area contributed by atoms with Crippen molar-refractivity contribution in [2.45, 2.75) is 73.8 Å². The Morgan fingerprint density at radius 1 is 1.00 bits per heavy atom. The summed E-state index contributed by atoms with van der Waals surface area (Å²) in [6.45, 7) is 3.08. The van der Waals surface area contributed by atoms with Crippen molar-refractivity contribution in [3.63, 3.8) is 0 Å². The van der Waals surface area contributed by atoms with Gasteiger partial charge in [-0.2, -0.15) is 13.2 Å². The van der Waals surface area contributed by atoms with E-state index >= 15 is 0 Å². The van der Waals surface area contributed by atoms with Crippen molar-refractivity contribution in [3.8, 4) is 11.5 Å². The summed E-state index contributed by atoms with van der Waals surface area (Å²) in [7, 11) is 2.94. The minimum absolute atomic E-state index is 0.130. The summed E-state index contributed by atoms with van der Waals surface area (Å²) in [5, 5.41) is 9.34. The van der Waals surface area contributed by atoms with E-state index < -0.39 is 29.1 Å². The van der Waals surface area contributed by atoms with Crippen LogP contribution in [0.5, 0.6) is 11.5 Å². The van der Waals surface area contributed by atoms with E-state index in [0.29, 0.717) is 23.2 Å². The van der Waals surface area contributed by atoms with Gasteiger partial charge in [-0.25, -0.2) is 4.98 Å². The average molecular weight is 660 g/mol. The number of rotatable bonds is 9. The molecule has 2 amide bonds. The second-order valence-corrected chi connectivity index (χ2v) is 13.6. The van der Waals surface area contributed by atoms with Crippen molar-refractivity contribution >= 4 is 23.3 Å². The highest BCUT2D eigenvalue weighted by Gasteiger charge is 2.63. The smallest absolute Gasteiger partial charge is 0.417 e. The van der Waals surface area contributed by atoms with E-state index in [2.05, 4.69) is 25.8 Å². The molecule has 3 saturated heterocycles. The first kappa shape index (κ1) is 32.0. The molecule has 1 aromatic heterocycles. The Hall–Kier alpha value is -3.62. The predicted molar refractivity (Wildman–Crippen MR) is 165 cm³/mol. The second-order valence-electron chi connectivity index (χ2n) is 13.6. The average Bonchev–Trinajstić information content (AvgIpc) is 3.60. The number of pyridine rings is 1. The zero-order valence-corrected chi connectivity index (χ0v) is 26.5. The van der Waals surface area contributed by atoms with E-state index in [1.165, 1.54) is 26.4 Å². The van der Waals surface area contributed by atoms with Gasteiger partial charge in [-0.15, -0.1) is 0 Å². The van der Waals surface area contributed by atoms with Gasteiger partial charge in [0.05, 0.1) is 50.8 Å². The minimum atomic E-state index is -4.47. The first-order valence-electron chi connectivity index (χ1n) is 16.1. The molecular weight excluding hydrogens is 619 g/mol. The molecule has 3 aliphatic heterocycles. The number of nitrogens with zero attached hydrogens (tertiary/aromatic N) is 2. The molecule has 4 saturated carbocycles. The van der Waals surface area contributed by atoms with Crippen LogP contribution in [-0.4, -0.2) is 97.7 Å². The monoisotopic (exact) mass is 659 g/mol. The molecule has 254 valence electrons. The van der Waals surface area contributed by atoms with Crippen LogP contribution < -0.4 is 25.4 Å². The zero-order chi connectivity index (χ0) is 33.0. The molecule has 7 aliphatic rings. The molecule has 1 unspecified atom stereocenters. The van der Waals surface area contributed by atoms with Gasteiger partial charge in [0.2, 0.25) is 0 Å². The number of morpholine rings is 1. The van der Waals surface area contributed by atoms with Crippen LogP contribution >= 0.6 is 0 Å². The van der Waals surface area contributed by atoms with Gasteiger partial charge in [-0.1, -0.05) is 0 Å². The summed E-state index contributed by atoms with van der Waals surface area (Å²) < 4.78 is 62.9. The quantitative estimate of drug-likeness (QED) is 0.360. The first-order chi connectivity index (χ1) is 22.5. The topological polar surface area (TPSA) is 123 Å². The van der Waals surface area contributed by atoms with Crippen LogP contribution in [-0.2, 0) is 9.47 Å². The fourth-order valence-corrected chi connectivity index (χ4v) is 8.32. The third-order valence-corrected chi connectivity index (χ3v) is 11.1. The second kappa shape index (κ2) is 11.8. The number of fused-ring (bicyclic) bond motifs is 4. The van der Waals surface area contributed by atoms with E-state index in [1.807, 2.05) is 0 Å². The van der Waals surface area contributed by atoms with Crippen molar-refractivity contribution < 1.29 is 41.7 Å². The maximum Gasteiger partial charge on any atom is 0.417 e. The van der Waals surface area contributed by atoms with E-state index in [0.717, 1.165) is 45.6 Å². The lowest BCUT2D eigenvalue weighted by molar-refractivity contribution is -0.317. The molecule has 47 heavy (non-hydrogen) atoms. The summed E-state index contributed by atoms with van der Waals surface area (Å²) in [5.74, 6) is 0.483. The number of anilines is 2. The lowest BCUT2D eigenvalue weighted by Crippen LogP contribution is -2.66. The number of aromatic nitrogens is 1. The SMILES string of the molecule is COc1ccc(C(=O)NC23CCC(C(F)(F)F)(CC2)OC3)c(NC(=O)c2c(OC)ccnc2NC2CC3(N4CCOCC4)CC2C3)c1.